The molecule has 1 saturated carbocycles. The van der Waals surface area contributed by atoms with Crippen LogP contribution in [0.25, 0.3) is 5.52 Å². The van der Waals surface area contributed by atoms with Crippen molar-refractivity contribution in [1.29, 1.82) is 0 Å². The average molecular weight is 201 g/mol. The summed E-state index contributed by atoms with van der Waals surface area (Å²) >= 11 is 0. The lowest BCUT2D eigenvalue weighted by Crippen LogP contribution is -2.43. The van der Waals surface area contributed by atoms with Crippen LogP contribution in [0.3, 0.4) is 0 Å². The van der Waals surface area contributed by atoms with Crippen LogP contribution < -0.4 is 5.73 Å². The fraction of sp³-hybridized carbons (Fsp3) is 0.417. The molecule has 0 spiro atoms. The van der Waals surface area contributed by atoms with Crippen molar-refractivity contribution in [1.82, 2.24) is 9.61 Å². The highest BCUT2D eigenvalue weighted by molar-refractivity contribution is 5.53. The predicted molar refractivity (Wildman–Crippen MR) is 59.6 cm³/mol. The molecular weight excluding hydrogens is 186 g/mol. The van der Waals surface area contributed by atoms with Crippen LogP contribution in [-0.2, 0) is 5.54 Å². The molecule has 1 fully saturated rings. The van der Waals surface area contributed by atoms with Crippen LogP contribution in [0.4, 0.5) is 0 Å². The molecular formula is C12H15N3. The molecule has 2 heterocycles. The summed E-state index contributed by atoms with van der Waals surface area (Å²) in [6.45, 7) is 2.07. The second-order valence-corrected chi connectivity index (χ2v) is 4.58. The van der Waals surface area contributed by atoms with E-state index in [0.29, 0.717) is 0 Å². The molecule has 78 valence electrons. The monoisotopic (exact) mass is 201 g/mol. The third-order valence-corrected chi connectivity index (χ3v) is 3.53. The quantitative estimate of drug-likeness (QED) is 0.766. The zero-order valence-corrected chi connectivity index (χ0v) is 8.90. The van der Waals surface area contributed by atoms with E-state index < -0.39 is 0 Å². The first-order valence-electron chi connectivity index (χ1n) is 5.42. The van der Waals surface area contributed by atoms with Crippen molar-refractivity contribution in [2.75, 3.05) is 0 Å². The summed E-state index contributed by atoms with van der Waals surface area (Å²) in [6, 6.07) is 4.26. The van der Waals surface area contributed by atoms with Crippen LogP contribution in [0.2, 0.25) is 0 Å². The van der Waals surface area contributed by atoms with E-state index in [-0.39, 0.29) is 5.54 Å². The van der Waals surface area contributed by atoms with Gasteiger partial charge in [-0.3, -0.25) is 0 Å². The van der Waals surface area contributed by atoms with Crippen LogP contribution in [0.15, 0.2) is 24.5 Å². The summed E-state index contributed by atoms with van der Waals surface area (Å²) in [5.74, 6) is 0. The van der Waals surface area contributed by atoms with E-state index >= 15 is 0 Å². The van der Waals surface area contributed by atoms with E-state index in [9.17, 15) is 0 Å². The summed E-state index contributed by atoms with van der Waals surface area (Å²) in [7, 11) is 0. The SMILES string of the molecule is Cc1cnn2cc(C3(N)CCC3)ccc12. The van der Waals surface area contributed by atoms with Gasteiger partial charge in [-0.05, 0) is 43.4 Å². The molecule has 0 saturated heterocycles. The summed E-state index contributed by atoms with van der Waals surface area (Å²) in [6.07, 6.45) is 7.40. The van der Waals surface area contributed by atoms with Crippen molar-refractivity contribution in [2.24, 2.45) is 5.73 Å². The zero-order chi connectivity index (χ0) is 10.5. The lowest BCUT2D eigenvalue weighted by molar-refractivity contribution is 0.252. The highest BCUT2D eigenvalue weighted by Crippen LogP contribution is 2.38. The number of nitrogens with zero attached hydrogens (tertiary/aromatic N) is 2. The van der Waals surface area contributed by atoms with Gasteiger partial charge in [0.2, 0.25) is 0 Å². The molecule has 0 radical (unpaired) electrons. The Morgan fingerprint density at radius 3 is 2.87 bits per heavy atom. The van der Waals surface area contributed by atoms with Gasteiger partial charge in [0.1, 0.15) is 0 Å². The number of hydrogen-bond donors (Lipinski definition) is 1. The van der Waals surface area contributed by atoms with Crippen molar-refractivity contribution in [3.8, 4) is 0 Å². The third kappa shape index (κ3) is 1.20. The lowest BCUT2D eigenvalue weighted by atomic mass is 9.73. The largest absolute Gasteiger partial charge is 0.321 e. The highest BCUT2D eigenvalue weighted by atomic mass is 15.2. The molecule has 3 rings (SSSR count). The zero-order valence-electron chi connectivity index (χ0n) is 8.90. The first-order chi connectivity index (χ1) is 7.19. The average Bonchev–Trinajstić information content (AvgIpc) is 2.56. The number of aryl methyl sites for hydroxylation is 1. The summed E-state index contributed by atoms with van der Waals surface area (Å²) in [5, 5.41) is 4.31. The molecule has 3 heteroatoms. The second kappa shape index (κ2) is 2.83. The number of aromatic nitrogens is 2. The van der Waals surface area contributed by atoms with Crippen molar-refractivity contribution >= 4 is 5.52 Å². The van der Waals surface area contributed by atoms with Gasteiger partial charge in [-0.25, -0.2) is 4.52 Å². The maximum Gasteiger partial charge on any atom is 0.0690 e. The fourth-order valence-electron chi connectivity index (χ4n) is 2.25. The van der Waals surface area contributed by atoms with E-state index in [1.165, 1.54) is 23.1 Å². The van der Waals surface area contributed by atoms with Gasteiger partial charge in [0.15, 0.2) is 0 Å². The summed E-state index contributed by atoms with van der Waals surface area (Å²) < 4.78 is 1.93. The topological polar surface area (TPSA) is 43.3 Å². The number of fused-ring (bicyclic) bond motifs is 1. The smallest absolute Gasteiger partial charge is 0.0690 e. The van der Waals surface area contributed by atoms with E-state index in [4.69, 9.17) is 5.73 Å². The highest BCUT2D eigenvalue weighted by Gasteiger charge is 2.34. The predicted octanol–water partition coefficient (Wildman–Crippen LogP) is 1.98. The second-order valence-electron chi connectivity index (χ2n) is 4.58. The Hall–Kier alpha value is -1.35. The molecule has 2 aromatic heterocycles. The van der Waals surface area contributed by atoms with E-state index in [0.717, 1.165) is 12.8 Å². The summed E-state index contributed by atoms with van der Waals surface area (Å²) in [4.78, 5) is 0. The molecule has 1 aliphatic carbocycles. The van der Waals surface area contributed by atoms with Gasteiger partial charge in [0.05, 0.1) is 11.7 Å². The molecule has 0 amide bonds. The van der Waals surface area contributed by atoms with E-state index in [2.05, 4.69) is 30.4 Å². The molecule has 0 aliphatic heterocycles. The molecule has 15 heavy (non-hydrogen) atoms. The van der Waals surface area contributed by atoms with Crippen molar-refractivity contribution in [2.45, 2.75) is 31.7 Å². The number of pyridine rings is 1. The van der Waals surface area contributed by atoms with Crippen LogP contribution in [0, 0.1) is 6.92 Å². The number of hydrogen-bond acceptors (Lipinski definition) is 2. The summed E-state index contributed by atoms with van der Waals surface area (Å²) in [5.41, 5.74) is 9.78. The van der Waals surface area contributed by atoms with Crippen LogP contribution in [0.1, 0.15) is 30.4 Å². The molecule has 0 bridgehead atoms. The minimum absolute atomic E-state index is 0.0892. The standard InChI is InChI=1S/C12H15N3/c1-9-7-14-15-8-10(3-4-11(9)15)12(13)5-2-6-12/h3-4,7-8H,2,5-6,13H2,1H3. The molecule has 3 nitrogen and oxygen atoms in total. The minimum Gasteiger partial charge on any atom is -0.321 e. The molecule has 2 N–H and O–H groups in total. The van der Waals surface area contributed by atoms with Gasteiger partial charge < -0.3 is 5.73 Å². The number of nitrogens with two attached hydrogens (primary N) is 1. The van der Waals surface area contributed by atoms with Crippen molar-refractivity contribution in [3.63, 3.8) is 0 Å². The molecule has 1 aliphatic rings. The van der Waals surface area contributed by atoms with Gasteiger partial charge in [-0.2, -0.15) is 5.10 Å². The Kier molecular flexibility index (Phi) is 1.68. The van der Waals surface area contributed by atoms with Gasteiger partial charge in [-0.1, -0.05) is 6.07 Å². The van der Waals surface area contributed by atoms with Crippen LogP contribution in [0.5, 0.6) is 0 Å². The van der Waals surface area contributed by atoms with Crippen LogP contribution in [-0.4, -0.2) is 9.61 Å². The molecule has 2 aromatic rings. The van der Waals surface area contributed by atoms with Gasteiger partial charge in [-0.15, -0.1) is 0 Å². The first kappa shape index (κ1) is 8.92. The fourth-order valence-corrected chi connectivity index (χ4v) is 2.25. The lowest BCUT2D eigenvalue weighted by Gasteiger charge is -2.38. The van der Waals surface area contributed by atoms with Gasteiger partial charge in [0.25, 0.3) is 0 Å². The van der Waals surface area contributed by atoms with Crippen LogP contribution >= 0.6 is 0 Å². The molecule has 0 atom stereocenters. The number of rotatable bonds is 1. The van der Waals surface area contributed by atoms with E-state index in [1.54, 1.807) is 0 Å². The van der Waals surface area contributed by atoms with Crippen molar-refractivity contribution in [3.05, 3.63) is 35.7 Å². The van der Waals surface area contributed by atoms with Gasteiger partial charge >= 0.3 is 0 Å². The third-order valence-electron chi connectivity index (χ3n) is 3.53. The Bertz CT molecular complexity index is 509. The van der Waals surface area contributed by atoms with Crippen molar-refractivity contribution < 1.29 is 0 Å². The van der Waals surface area contributed by atoms with Gasteiger partial charge in [0, 0.05) is 11.7 Å². The minimum atomic E-state index is -0.0892. The first-order valence-corrected chi connectivity index (χ1v) is 5.42. The van der Waals surface area contributed by atoms with E-state index in [1.807, 2.05) is 10.7 Å². The Balaban J connectivity index is 2.14. The Labute approximate surface area is 88.9 Å². The normalized spacial score (nSPS) is 19.1. The maximum absolute atomic E-state index is 6.28. The molecule has 0 aromatic carbocycles. The Morgan fingerprint density at radius 1 is 1.40 bits per heavy atom. The Morgan fingerprint density at radius 2 is 2.20 bits per heavy atom. The molecule has 0 unspecified atom stereocenters. The maximum atomic E-state index is 6.28.